The maximum Gasteiger partial charge on any atom is 0.418 e. The van der Waals surface area contributed by atoms with Crippen molar-refractivity contribution in [1.82, 2.24) is 10.2 Å². The Kier molecular flexibility index (Phi) is 4.21. The summed E-state index contributed by atoms with van der Waals surface area (Å²) in [6.45, 7) is 0.169. The van der Waals surface area contributed by atoms with Crippen molar-refractivity contribution in [2.45, 2.75) is 31.1 Å². The van der Waals surface area contributed by atoms with E-state index in [1.807, 2.05) is 0 Å². The van der Waals surface area contributed by atoms with Crippen molar-refractivity contribution >= 4 is 17.6 Å². The fraction of sp³-hybridized carbons (Fsp3) is 0.375. The van der Waals surface area contributed by atoms with Crippen LogP contribution in [-0.4, -0.2) is 35.5 Å². The number of nitrogens with one attached hydrogen (secondary N) is 2. The number of nitrogens with zero attached hydrogens (tertiary/aromatic N) is 1. The number of rotatable bonds is 3. The molecule has 0 aromatic heterocycles. The lowest BCUT2D eigenvalue weighted by Gasteiger charge is -2.25. The lowest BCUT2D eigenvalue weighted by molar-refractivity contribution is -0.137. The summed E-state index contributed by atoms with van der Waals surface area (Å²) in [5.41, 5.74) is -1.26. The Bertz CT molecular complexity index is 683. The molecule has 1 aliphatic carbocycles. The molecule has 24 heavy (non-hydrogen) atoms. The average Bonchev–Trinajstić information content (AvgIpc) is 3.18. The van der Waals surface area contributed by atoms with Gasteiger partial charge in [0.05, 0.1) is 11.3 Å². The quantitative estimate of drug-likeness (QED) is 0.832. The fourth-order valence-corrected chi connectivity index (χ4v) is 2.50. The molecule has 1 aromatic carbocycles. The van der Waals surface area contributed by atoms with Gasteiger partial charge < -0.3 is 15.5 Å². The SMILES string of the molecule is O=C(NC1CC1)[C@@H]1C=CCN1C(=O)Nc1ccccc1C(F)(F)F. The van der Waals surface area contributed by atoms with Gasteiger partial charge >= 0.3 is 12.2 Å². The minimum Gasteiger partial charge on any atom is -0.351 e. The van der Waals surface area contributed by atoms with Gasteiger partial charge in [-0.05, 0) is 25.0 Å². The number of urea groups is 1. The normalized spacial score (nSPS) is 20.1. The summed E-state index contributed by atoms with van der Waals surface area (Å²) < 4.78 is 39.0. The van der Waals surface area contributed by atoms with E-state index in [1.54, 1.807) is 12.2 Å². The topological polar surface area (TPSA) is 61.4 Å². The van der Waals surface area contributed by atoms with E-state index in [0.29, 0.717) is 0 Å². The third kappa shape index (κ3) is 3.52. The molecule has 0 radical (unpaired) electrons. The van der Waals surface area contributed by atoms with Crippen LogP contribution in [0.25, 0.3) is 0 Å². The van der Waals surface area contributed by atoms with Crippen LogP contribution in [-0.2, 0) is 11.0 Å². The highest BCUT2D eigenvalue weighted by Crippen LogP contribution is 2.34. The monoisotopic (exact) mass is 339 g/mol. The van der Waals surface area contributed by atoms with Crippen molar-refractivity contribution in [1.29, 1.82) is 0 Å². The number of amides is 3. The number of carbonyl (C=O) groups is 2. The molecule has 1 aromatic rings. The molecule has 1 atom stereocenters. The van der Waals surface area contributed by atoms with Crippen LogP contribution in [0.1, 0.15) is 18.4 Å². The number of carbonyl (C=O) groups excluding carboxylic acids is 2. The number of halogens is 3. The van der Waals surface area contributed by atoms with Gasteiger partial charge in [0.15, 0.2) is 0 Å². The maximum atomic E-state index is 13.0. The Hall–Kier alpha value is -2.51. The molecular formula is C16H16F3N3O2. The van der Waals surface area contributed by atoms with Crippen LogP contribution in [0.2, 0.25) is 0 Å². The van der Waals surface area contributed by atoms with E-state index in [2.05, 4.69) is 10.6 Å². The van der Waals surface area contributed by atoms with Crippen LogP contribution in [0, 0.1) is 0 Å². The van der Waals surface area contributed by atoms with Crippen molar-refractivity contribution in [3.05, 3.63) is 42.0 Å². The van der Waals surface area contributed by atoms with E-state index < -0.39 is 23.8 Å². The number of anilines is 1. The predicted molar refractivity (Wildman–Crippen MR) is 81.3 cm³/mol. The standard InChI is InChI=1S/C16H16F3N3O2/c17-16(18,19)11-4-1-2-5-12(11)21-15(24)22-9-3-6-13(22)14(23)20-10-7-8-10/h1-6,10,13H,7-9H2,(H,20,23)(H,21,24)/t13-/m0/s1. The van der Waals surface area contributed by atoms with Gasteiger partial charge in [0.25, 0.3) is 0 Å². The number of benzene rings is 1. The molecular weight excluding hydrogens is 323 g/mol. The van der Waals surface area contributed by atoms with Gasteiger partial charge in [0, 0.05) is 12.6 Å². The number of hydrogen-bond donors (Lipinski definition) is 2. The molecule has 0 bridgehead atoms. The number of para-hydroxylation sites is 1. The van der Waals surface area contributed by atoms with E-state index in [4.69, 9.17) is 0 Å². The Morgan fingerprint density at radius 1 is 1.17 bits per heavy atom. The van der Waals surface area contributed by atoms with Crippen molar-refractivity contribution in [2.75, 3.05) is 11.9 Å². The van der Waals surface area contributed by atoms with E-state index in [9.17, 15) is 22.8 Å². The molecule has 8 heteroatoms. The van der Waals surface area contributed by atoms with Crippen molar-refractivity contribution in [3.8, 4) is 0 Å². The van der Waals surface area contributed by atoms with Crippen LogP contribution in [0.3, 0.4) is 0 Å². The molecule has 0 saturated heterocycles. The van der Waals surface area contributed by atoms with Gasteiger partial charge in [0.2, 0.25) is 5.91 Å². The Labute approximate surface area is 136 Å². The van der Waals surface area contributed by atoms with Crippen LogP contribution in [0.4, 0.5) is 23.7 Å². The summed E-state index contributed by atoms with van der Waals surface area (Å²) in [6, 6.07) is 3.34. The third-order valence-corrected chi connectivity index (χ3v) is 3.88. The molecule has 3 amide bonds. The zero-order valence-electron chi connectivity index (χ0n) is 12.6. The second kappa shape index (κ2) is 6.18. The number of hydrogen-bond acceptors (Lipinski definition) is 2. The van der Waals surface area contributed by atoms with Crippen LogP contribution >= 0.6 is 0 Å². The van der Waals surface area contributed by atoms with Crippen molar-refractivity contribution in [3.63, 3.8) is 0 Å². The smallest absolute Gasteiger partial charge is 0.351 e. The van der Waals surface area contributed by atoms with E-state index in [0.717, 1.165) is 18.9 Å². The minimum absolute atomic E-state index is 0.141. The summed E-state index contributed by atoms with van der Waals surface area (Å²) >= 11 is 0. The molecule has 5 nitrogen and oxygen atoms in total. The van der Waals surface area contributed by atoms with Gasteiger partial charge in [-0.3, -0.25) is 4.79 Å². The molecule has 3 rings (SSSR count). The lowest BCUT2D eigenvalue weighted by atomic mass is 10.1. The van der Waals surface area contributed by atoms with Gasteiger partial charge in [-0.2, -0.15) is 13.2 Å². The number of alkyl halides is 3. The maximum absolute atomic E-state index is 13.0. The molecule has 2 N–H and O–H groups in total. The first kappa shape index (κ1) is 16.4. The first-order valence-electron chi connectivity index (χ1n) is 7.57. The summed E-state index contributed by atoms with van der Waals surface area (Å²) in [4.78, 5) is 25.7. The summed E-state index contributed by atoms with van der Waals surface area (Å²) in [6.07, 6.45) is 0.468. The second-order valence-corrected chi connectivity index (χ2v) is 5.78. The van der Waals surface area contributed by atoms with Crippen molar-refractivity contribution in [2.24, 2.45) is 0 Å². The Balaban J connectivity index is 1.72. The average molecular weight is 339 g/mol. The summed E-state index contributed by atoms with van der Waals surface area (Å²) in [7, 11) is 0. The van der Waals surface area contributed by atoms with Gasteiger partial charge in [-0.1, -0.05) is 24.3 Å². The molecule has 1 saturated carbocycles. The highest BCUT2D eigenvalue weighted by molar-refractivity contribution is 5.96. The predicted octanol–water partition coefficient (Wildman–Crippen LogP) is 2.76. The molecule has 1 fully saturated rings. The highest BCUT2D eigenvalue weighted by Gasteiger charge is 2.36. The van der Waals surface area contributed by atoms with Crippen LogP contribution < -0.4 is 10.6 Å². The van der Waals surface area contributed by atoms with E-state index >= 15 is 0 Å². The molecule has 1 aliphatic heterocycles. The van der Waals surface area contributed by atoms with Gasteiger partial charge in [-0.25, -0.2) is 4.79 Å². The first-order chi connectivity index (χ1) is 11.4. The molecule has 128 valence electrons. The van der Waals surface area contributed by atoms with Crippen LogP contribution in [0.5, 0.6) is 0 Å². The Morgan fingerprint density at radius 3 is 2.54 bits per heavy atom. The second-order valence-electron chi connectivity index (χ2n) is 5.78. The minimum atomic E-state index is -4.57. The first-order valence-corrected chi connectivity index (χ1v) is 7.57. The molecule has 2 aliphatic rings. The zero-order valence-corrected chi connectivity index (χ0v) is 12.6. The molecule has 1 heterocycles. The largest absolute Gasteiger partial charge is 0.418 e. The lowest BCUT2D eigenvalue weighted by Crippen LogP contribution is -2.48. The third-order valence-electron chi connectivity index (χ3n) is 3.88. The summed E-state index contributed by atoms with van der Waals surface area (Å²) in [5.74, 6) is -0.314. The highest BCUT2D eigenvalue weighted by atomic mass is 19.4. The molecule has 0 spiro atoms. The zero-order chi connectivity index (χ0) is 17.3. The van der Waals surface area contributed by atoms with Crippen molar-refractivity contribution < 1.29 is 22.8 Å². The van der Waals surface area contributed by atoms with Gasteiger partial charge in [0.1, 0.15) is 6.04 Å². The van der Waals surface area contributed by atoms with Crippen LogP contribution in [0.15, 0.2) is 36.4 Å². The fourth-order valence-electron chi connectivity index (χ4n) is 2.50. The summed E-state index contributed by atoms with van der Waals surface area (Å²) in [5, 5.41) is 5.05. The molecule has 0 unspecified atom stereocenters. The van der Waals surface area contributed by atoms with E-state index in [1.165, 1.54) is 23.1 Å². The Morgan fingerprint density at radius 2 is 1.88 bits per heavy atom. The van der Waals surface area contributed by atoms with E-state index in [-0.39, 0.29) is 24.2 Å². The van der Waals surface area contributed by atoms with Gasteiger partial charge in [-0.15, -0.1) is 0 Å².